The molecule has 1 fully saturated rings. The Labute approximate surface area is 136 Å². The molecular weight excluding hydrogens is 288 g/mol. The largest absolute Gasteiger partial charge is 0.366 e. The van der Waals surface area contributed by atoms with E-state index in [1.807, 2.05) is 30.3 Å². The Hall–Kier alpha value is -2.43. The van der Waals surface area contributed by atoms with Crippen LogP contribution in [0.3, 0.4) is 0 Å². The fourth-order valence-electron chi connectivity index (χ4n) is 2.22. The number of amides is 1. The summed E-state index contributed by atoms with van der Waals surface area (Å²) < 4.78 is 0. The van der Waals surface area contributed by atoms with Crippen molar-refractivity contribution in [1.82, 2.24) is 10.2 Å². The number of rotatable bonds is 4. The van der Waals surface area contributed by atoms with E-state index in [2.05, 4.69) is 41.6 Å². The number of anilines is 2. The zero-order valence-corrected chi connectivity index (χ0v) is 13.8. The molecule has 0 atom stereocenters. The number of carbonyl (C=O) groups excluding carboxylic acids is 1. The number of aromatic nitrogens is 2. The Morgan fingerprint density at radius 1 is 1.00 bits per heavy atom. The summed E-state index contributed by atoms with van der Waals surface area (Å²) in [7, 11) is 0. The van der Waals surface area contributed by atoms with Crippen LogP contribution in [-0.2, 0) is 5.41 Å². The van der Waals surface area contributed by atoms with E-state index in [0.717, 1.165) is 5.82 Å². The first-order valence-corrected chi connectivity index (χ1v) is 7.94. The Morgan fingerprint density at radius 3 is 2.13 bits per heavy atom. The maximum Gasteiger partial charge on any atom is 0.256 e. The first-order chi connectivity index (χ1) is 10.9. The van der Waals surface area contributed by atoms with E-state index >= 15 is 0 Å². The van der Waals surface area contributed by atoms with Gasteiger partial charge in [0.25, 0.3) is 5.91 Å². The fraction of sp³-hybridized carbons (Fsp3) is 0.389. The number of nitrogens with one attached hydrogen (secondary N) is 2. The molecule has 0 aliphatic heterocycles. The average molecular weight is 310 g/mol. The minimum atomic E-state index is -0.178. The van der Waals surface area contributed by atoms with E-state index in [4.69, 9.17) is 0 Å². The lowest BCUT2D eigenvalue weighted by molar-refractivity contribution is 0.102. The van der Waals surface area contributed by atoms with Gasteiger partial charge in [-0.2, -0.15) is 0 Å². The number of nitrogens with zero attached hydrogens (tertiary/aromatic N) is 2. The summed E-state index contributed by atoms with van der Waals surface area (Å²) in [5, 5.41) is 14.1. The molecule has 0 bridgehead atoms. The van der Waals surface area contributed by atoms with Crippen LogP contribution in [0, 0.1) is 0 Å². The van der Waals surface area contributed by atoms with Crippen LogP contribution in [0.25, 0.3) is 0 Å². The Morgan fingerprint density at radius 2 is 1.61 bits per heavy atom. The first kappa shape index (κ1) is 15.5. The Bertz CT molecular complexity index is 682. The summed E-state index contributed by atoms with van der Waals surface area (Å²) in [6.07, 6.45) is 2.37. The van der Waals surface area contributed by atoms with Crippen LogP contribution in [0.5, 0.6) is 0 Å². The van der Waals surface area contributed by atoms with Gasteiger partial charge in [-0.3, -0.25) is 4.79 Å². The number of benzene rings is 1. The van der Waals surface area contributed by atoms with Crippen LogP contribution in [0.4, 0.5) is 11.6 Å². The zero-order chi connectivity index (χ0) is 16.4. The second-order valence-corrected chi connectivity index (χ2v) is 7.00. The van der Waals surface area contributed by atoms with Gasteiger partial charge in [-0.25, -0.2) is 0 Å². The van der Waals surface area contributed by atoms with E-state index in [-0.39, 0.29) is 11.3 Å². The van der Waals surface area contributed by atoms with Gasteiger partial charge in [0, 0.05) is 11.6 Å². The Balaban J connectivity index is 1.63. The van der Waals surface area contributed by atoms with Gasteiger partial charge < -0.3 is 10.6 Å². The molecule has 1 amide bonds. The molecule has 1 heterocycles. The van der Waals surface area contributed by atoms with Gasteiger partial charge in [0.05, 0.1) is 0 Å². The number of hydrogen-bond donors (Lipinski definition) is 2. The minimum Gasteiger partial charge on any atom is -0.366 e. The molecule has 1 aromatic heterocycles. The van der Waals surface area contributed by atoms with Gasteiger partial charge in [-0.1, -0.05) is 32.9 Å². The van der Waals surface area contributed by atoms with Crippen LogP contribution < -0.4 is 10.6 Å². The van der Waals surface area contributed by atoms with E-state index in [1.54, 1.807) is 6.07 Å². The average Bonchev–Trinajstić information content (AvgIpc) is 3.32. The predicted molar refractivity (Wildman–Crippen MR) is 91.8 cm³/mol. The molecule has 0 radical (unpaired) electrons. The van der Waals surface area contributed by atoms with Crippen molar-refractivity contribution in [3.05, 3.63) is 47.5 Å². The molecule has 1 saturated carbocycles. The van der Waals surface area contributed by atoms with Crippen molar-refractivity contribution in [3.63, 3.8) is 0 Å². The molecule has 5 heteroatoms. The summed E-state index contributed by atoms with van der Waals surface area (Å²) in [5.41, 5.74) is 1.88. The van der Waals surface area contributed by atoms with Gasteiger partial charge in [-0.05, 0) is 48.1 Å². The van der Waals surface area contributed by atoms with Crippen LogP contribution >= 0.6 is 0 Å². The minimum absolute atomic E-state index is 0.0743. The van der Waals surface area contributed by atoms with Gasteiger partial charge in [0.1, 0.15) is 5.82 Å². The van der Waals surface area contributed by atoms with Crippen molar-refractivity contribution in [2.24, 2.45) is 0 Å². The van der Waals surface area contributed by atoms with Crippen LogP contribution in [-0.4, -0.2) is 22.1 Å². The third-order valence-corrected chi connectivity index (χ3v) is 3.85. The second kappa shape index (κ2) is 5.99. The van der Waals surface area contributed by atoms with Crippen LogP contribution in [0.1, 0.15) is 49.5 Å². The normalized spacial score (nSPS) is 14.4. The SMILES string of the molecule is CC(C)(C)c1ccc(C(=O)Nc2ccc(NC3CC3)nn2)cc1. The van der Waals surface area contributed by atoms with E-state index in [0.29, 0.717) is 17.4 Å². The molecule has 1 aliphatic carbocycles. The van der Waals surface area contributed by atoms with E-state index in [1.165, 1.54) is 18.4 Å². The van der Waals surface area contributed by atoms with Gasteiger partial charge >= 0.3 is 0 Å². The summed E-state index contributed by atoms with van der Waals surface area (Å²) >= 11 is 0. The van der Waals surface area contributed by atoms with Gasteiger partial charge in [-0.15, -0.1) is 10.2 Å². The summed E-state index contributed by atoms with van der Waals surface area (Å²) in [6.45, 7) is 6.44. The highest BCUT2D eigenvalue weighted by atomic mass is 16.1. The van der Waals surface area contributed by atoms with E-state index in [9.17, 15) is 4.79 Å². The molecule has 1 aromatic carbocycles. The lowest BCUT2D eigenvalue weighted by Gasteiger charge is -2.19. The Kier molecular flexibility index (Phi) is 4.03. The highest BCUT2D eigenvalue weighted by Crippen LogP contribution is 2.24. The smallest absolute Gasteiger partial charge is 0.256 e. The van der Waals surface area contributed by atoms with Crippen LogP contribution in [0.2, 0.25) is 0 Å². The third kappa shape index (κ3) is 4.06. The van der Waals surface area contributed by atoms with Crippen LogP contribution in [0.15, 0.2) is 36.4 Å². The zero-order valence-electron chi connectivity index (χ0n) is 13.8. The van der Waals surface area contributed by atoms with Crippen molar-refractivity contribution >= 4 is 17.5 Å². The molecule has 2 aromatic rings. The summed E-state index contributed by atoms with van der Waals surface area (Å²) in [5.74, 6) is 1.03. The highest BCUT2D eigenvalue weighted by Gasteiger charge is 2.21. The van der Waals surface area contributed by atoms with Gasteiger partial charge in [0.2, 0.25) is 0 Å². The quantitative estimate of drug-likeness (QED) is 0.905. The predicted octanol–water partition coefficient (Wildman–Crippen LogP) is 3.60. The maximum absolute atomic E-state index is 12.3. The lowest BCUT2D eigenvalue weighted by atomic mass is 9.87. The molecular formula is C18H22N4O. The lowest BCUT2D eigenvalue weighted by Crippen LogP contribution is -2.15. The van der Waals surface area contributed by atoms with Crippen molar-refractivity contribution < 1.29 is 4.79 Å². The molecule has 120 valence electrons. The summed E-state index contributed by atoms with van der Waals surface area (Å²) in [6, 6.07) is 11.8. The third-order valence-electron chi connectivity index (χ3n) is 3.85. The number of carbonyl (C=O) groups is 1. The molecule has 2 N–H and O–H groups in total. The molecule has 1 aliphatic rings. The standard InChI is InChI=1S/C18H22N4O/c1-18(2,3)13-6-4-12(5-7-13)17(23)20-16-11-10-15(21-22-16)19-14-8-9-14/h4-7,10-11,14H,8-9H2,1-3H3,(H,19,21)(H,20,22,23). The molecule has 0 unspecified atom stereocenters. The molecule has 0 saturated heterocycles. The molecule has 23 heavy (non-hydrogen) atoms. The van der Waals surface area contributed by atoms with E-state index < -0.39 is 0 Å². The second-order valence-electron chi connectivity index (χ2n) is 7.00. The van der Waals surface area contributed by atoms with Crippen molar-refractivity contribution in [2.45, 2.75) is 45.1 Å². The van der Waals surface area contributed by atoms with Crippen molar-refractivity contribution in [1.29, 1.82) is 0 Å². The highest BCUT2D eigenvalue weighted by molar-refractivity contribution is 6.03. The number of hydrogen-bond acceptors (Lipinski definition) is 4. The van der Waals surface area contributed by atoms with Crippen molar-refractivity contribution in [2.75, 3.05) is 10.6 Å². The van der Waals surface area contributed by atoms with Crippen molar-refractivity contribution in [3.8, 4) is 0 Å². The summed E-state index contributed by atoms with van der Waals surface area (Å²) in [4.78, 5) is 12.3. The molecule has 0 spiro atoms. The fourth-order valence-corrected chi connectivity index (χ4v) is 2.22. The first-order valence-electron chi connectivity index (χ1n) is 7.94. The molecule has 5 nitrogen and oxygen atoms in total. The maximum atomic E-state index is 12.3. The molecule has 3 rings (SSSR count). The topological polar surface area (TPSA) is 66.9 Å². The van der Waals surface area contributed by atoms with Gasteiger partial charge in [0.15, 0.2) is 5.82 Å². The monoisotopic (exact) mass is 310 g/mol.